The van der Waals surface area contributed by atoms with Gasteiger partial charge in [0.1, 0.15) is 5.75 Å². The number of nitrogens with zero attached hydrogens (tertiary/aromatic N) is 4. The van der Waals surface area contributed by atoms with E-state index in [1.54, 1.807) is 24.1 Å². The van der Waals surface area contributed by atoms with E-state index in [2.05, 4.69) is 20.6 Å². The minimum absolute atomic E-state index is 0.0939. The van der Waals surface area contributed by atoms with Crippen LogP contribution in [0.25, 0.3) is 0 Å². The second kappa shape index (κ2) is 7.75. The molecule has 148 valence electrons. The summed E-state index contributed by atoms with van der Waals surface area (Å²) in [5.41, 5.74) is 2.94. The third kappa shape index (κ3) is 3.56. The van der Waals surface area contributed by atoms with Crippen molar-refractivity contribution in [2.24, 2.45) is 4.99 Å². The molecule has 0 amide bonds. The highest BCUT2D eigenvalue weighted by molar-refractivity contribution is 6.03. The summed E-state index contributed by atoms with van der Waals surface area (Å²) in [6.45, 7) is 3.80. The number of aromatic nitrogens is 3. The average Bonchev–Trinajstić information content (AvgIpc) is 2.74. The summed E-state index contributed by atoms with van der Waals surface area (Å²) in [5.74, 6) is 1.72. The van der Waals surface area contributed by atoms with Crippen LogP contribution >= 0.6 is 0 Å². The van der Waals surface area contributed by atoms with Gasteiger partial charge >= 0.3 is 0 Å². The highest BCUT2D eigenvalue weighted by atomic mass is 16.5. The van der Waals surface area contributed by atoms with Gasteiger partial charge in [-0.3, -0.25) is 19.7 Å². The Bertz CT molecular complexity index is 1110. The predicted octanol–water partition coefficient (Wildman–Crippen LogP) is 2.96. The zero-order valence-corrected chi connectivity index (χ0v) is 16.5. The minimum atomic E-state index is -0.563. The summed E-state index contributed by atoms with van der Waals surface area (Å²) in [4.78, 5) is 26.7. The minimum Gasteiger partial charge on any atom is -0.497 e. The van der Waals surface area contributed by atoms with Gasteiger partial charge in [0.05, 0.1) is 7.11 Å². The van der Waals surface area contributed by atoms with Crippen molar-refractivity contribution in [1.29, 1.82) is 0 Å². The van der Waals surface area contributed by atoms with Crippen molar-refractivity contribution in [3.05, 3.63) is 76.0 Å². The third-order valence-electron chi connectivity index (χ3n) is 4.83. The molecule has 3 aromatic rings. The molecule has 3 heterocycles. The molecule has 1 aliphatic rings. The van der Waals surface area contributed by atoms with Crippen LogP contribution in [0.3, 0.4) is 0 Å². The van der Waals surface area contributed by atoms with Crippen LogP contribution in [-0.4, -0.2) is 27.6 Å². The fourth-order valence-electron chi connectivity index (χ4n) is 3.34. The van der Waals surface area contributed by atoms with Crippen LogP contribution in [0.2, 0.25) is 0 Å². The predicted molar refractivity (Wildman–Crippen MR) is 113 cm³/mol. The lowest BCUT2D eigenvalue weighted by Gasteiger charge is -2.27. The van der Waals surface area contributed by atoms with Crippen molar-refractivity contribution in [2.75, 3.05) is 17.7 Å². The molecule has 0 spiro atoms. The molecule has 0 radical (unpaired) electrons. The molecule has 0 aliphatic carbocycles. The van der Waals surface area contributed by atoms with Gasteiger partial charge in [-0.15, -0.1) is 0 Å². The number of guanidine groups is 1. The summed E-state index contributed by atoms with van der Waals surface area (Å²) in [7, 11) is 1.63. The van der Waals surface area contributed by atoms with Gasteiger partial charge in [0.2, 0.25) is 11.9 Å². The van der Waals surface area contributed by atoms with Crippen LogP contribution in [0.5, 0.6) is 5.75 Å². The normalized spacial score (nSPS) is 15.1. The highest BCUT2D eigenvalue weighted by Gasteiger charge is 2.27. The van der Waals surface area contributed by atoms with E-state index in [4.69, 9.17) is 9.73 Å². The first-order valence-corrected chi connectivity index (χ1v) is 9.38. The molecule has 0 saturated heterocycles. The number of ether oxygens (including phenoxy) is 1. The van der Waals surface area contributed by atoms with Crippen molar-refractivity contribution in [2.45, 2.75) is 26.4 Å². The van der Waals surface area contributed by atoms with Gasteiger partial charge in [-0.25, -0.2) is 9.98 Å². The van der Waals surface area contributed by atoms with Gasteiger partial charge in [-0.1, -0.05) is 13.0 Å². The second-order valence-corrected chi connectivity index (χ2v) is 6.64. The summed E-state index contributed by atoms with van der Waals surface area (Å²) in [5, 5.41) is 6.39. The van der Waals surface area contributed by atoms with Crippen LogP contribution in [0.15, 0.2) is 58.6 Å². The van der Waals surface area contributed by atoms with Gasteiger partial charge in [-0.05, 0) is 43.7 Å². The van der Waals surface area contributed by atoms with E-state index in [1.807, 2.05) is 50.2 Å². The largest absolute Gasteiger partial charge is 0.497 e. The molecular formula is C21H22N6O2. The molecule has 8 nitrogen and oxygen atoms in total. The number of rotatable bonds is 4. The van der Waals surface area contributed by atoms with E-state index in [0.717, 1.165) is 17.0 Å². The molecule has 1 atom stereocenters. The van der Waals surface area contributed by atoms with E-state index in [9.17, 15) is 4.79 Å². The van der Waals surface area contributed by atoms with Gasteiger partial charge < -0.3 is 10.1 Å². The standard InChI is InChI=1S/C21H22N6O2/c1-4-17-13(2)23-21-26-20(24-15-7-9-16(29-3)10-8-15)25-18(27(21)19(17)28)14-6-5-11-22-12-14/h5-12,18H,4H2,1-3H3,(H2,23,24,25,26)/t18-/m0/s1. The summed E-state index contributed by atoms with van der Waals surface area (Å²) in [6.07, 6.45) is 3.45. The van der Waals surface area contributed by atoms with E-state index in [-0.39, 0.29) is 5.56 Å². The Hall–Kier alpha value is -3.68. The number of nitrogens with one attached hydrogen (secondary N) is 2. The van der Waals surface area contributed by atoms with E-state index in [1.165, 1.54) is 0 Å². The number of anilines is 2. The second-order valence-electron chi connectivity index (χ2n) is 6.64. The molecule has 4 rings (SSSR count). The summed E-state index contributed by atoms with van der Waals surface area (Å²) in [6, 6.07) is 11.2. The smallest absolute Gasteiger partial charge is 0.260 e. The number of methoxy groups -OCH3 is 1. The Morgan fingerprint density at radius 2 is 2.03 bits per heavy atom. The van der Waals surface area contributed by atoms with Gasteiger partial charge in [0, 0.05) is 34.9 Å². The number of fused-ring (bicyclic) bond motifs is 1. The van der Waals surface area contributed by atoms with E-state index >= 15 is 0 Å². The SMILES string of the molecule is CCc1c(C)nc2n(c1=O)[C@@H](c1cccnc1)N=C(Nc1ccc(OC)cc1)N2. The first kappa shape index (κ1) is 18.7. The molecule has 2 aromatic heterocycles. The molecule has 0 fully saturated rings. The molecule has 2 N–H and O–H groups in total. The average molecular weight is 390 g/mol. The first-order valence-electron chi connectivity index (χ1n) is 9.38. The number of hydrogen-bond acceptors (Lipinski definition) is 7. The Morgan fingerprint density at radius 3 is 2.69 bits per heavy atom. The molecule has 1 aliphatic heterocycles. The third-order valence-corrected chi connectivity index (χ3v) is 4.83. The Morgan fingerprint density at radius 1 is 1.24 bits per heavy atom. The molecule has 0 saturated carbocycles. The summed E-state index contributed by atoms with van der Waals surface area (Å²) >= 11 is 0. The number of aryl methyl sites for hydroxylation is 1. The number of aliphatic imine (C=N–C) groups is 1. The molecule has 29 heavy (non-hydrogen) atoms. The van der Waals surface area contributed by atoms with Crippen molar-refractivity contribution in [3.63, 3.8) is 0 Å². The maximum atomic E-state index is 13.1. The lowest BCUT2D eigenvalue weighted by Crippen LogP contribution is -2.39. The highest BCUT2D eigenvalue weighted by Crippen LogP contribution is 2.26. The quantitative estimate of drug-likeness (QED) is 0.711. The van der Waals surface area contributed by atoms with Crippen LogP contribution in [0, 0.1) is 6.92 Å². The molecule has 0 bridgehead atoms. The maximum Gasteiger partial charge on any atom is 0.260 e. The zero-order chi connectivity index (χ0) is 20.4. The number of pyridine rings is 1. The van der Waals surface area contributed by atoms with E-state index < -0.39 is 6.17 Å². The van der Waals surface area contributed by atoms with Crippen molar-refractivity contribution in [1.82, 2.24) is 14.5 Å². The van der Waals surface area contributed by atoms with Crippen LogP contribution in [0.1, 0.15) is 29.9 Å². The van der Waals surface area contributed by atoms with Gasteiger partial charge in [-0.2, -0.15) is 0 Å². The van der Waals surface area contributed by atoms with Gasteiger partial charge in [0.15, 0.2) is 6.17 Å². The van der Waals surface area contributed by atoms with Crippen molar-refractivity contribution >= 4 is 17.6 Å². The Balaban J connectivity index is 1.78. The zero-order valence-electron chi connectivity index (χ0n) is 16.5. The Kier molecular flexibility index (Phi) is 4.99. The van der Waals surface area contributed by atoms with Gasteiger partial charge in [0.25, 0.3) is 5.56 Å². The van der Waals surface area contributed by atoms with E-state index in [0.29, 0.717) is 29.6 Å². The monoisotopic (exact) mass is 390 g/mol. The lowest BCUT2D eigenvalue weighted by molar-refractivity contribution is 0.415. The Labute approximate surface area is 168 Å². The molecule has 0 unspecified atom stereocenters. The molecular weight excluding hydrogens is 368 g/mol. The molecule has 1 aromatic carbocycles. The number of benzene rings is 1. The van der Waals surface area contributed by atoms with Crippen LogP contribution in [-0.2, 0) is 6.42 Å². The fourth-order valence-corrected chi connectivity index (χ4v) is 3.34. The lowest BCUT2D eigenvalue weighted by atomic mass is 10.1. The number of hydrogen-bond donors (Lipinski definition) is 2. The van der Waals surface area contributed by atoms with Crippen LogP contribution in [0.4, 0.5) is 11.6 Å². The fraction of sp³-hybridized carbons (Fsp3) is 0.238. The van der Waals surface area contributed by atoms with Crippen molar-refractivity contribution < 1.29 is 4.74 Å². The van der Waals surface area contributed by atoms with Crippen LogP contribution < -0.4 is 20.9 Å². The molecule has 8 heteroatoms. The topological polar surface area (TPSA) is 93.4 Å². The maximum absolute atomic E-state index is 13.1. The van der Waals surface area contributed by atoms with Crippen molar-refractivity contribution in [3.8, 4) is 5.75 Å². The summed E-state index contributed by atoms with van der Waals surface area (Å²) < 4.78 is 6.79. The first-order chi connectivity index (χ1) is 14.1.